The molecule has 1 aliphatic heterocycles. The molecule has 0 aromatic heterocycles. The van der Waals surface area contributed by atoms with Gasteiger partial charge in [-0.1, -0.05) is 0 Å². The van der Waals surface area contributed by atoms with Gasteiger partial charge in [-0.25, -0.2) is 9.59 Å². The fourth-order valence-electron chi connectivity index (χ4n) is 2.97. The summed E-state index contributed by atoms with van der Waals surface area (Å²) in [5, 5.41) is 11.0. The third-order valence-electron chi connectivity index (χ3n) is 4.35. The SMILES string of the molecule is CCOC(=O)[C@@H]1CCCCN1C(=O)COC(=O)c1ccc(NC(=O)CC#N)cc1. The molecule has 0 unspecified atom stereocenters. The summed E-state index contributed by atoms with van der Waals surface area (Å²) in [6.07, 6.45) is 1.85. The van der Waals surface area contributed by atoms with Crippen LogP contribution < -0.4 is 5.32 Å². The lowest BCUT2D eigenvalue weighted by molar-refractivity contribution is -0.157. The molecule has 0 aliphatic carbocycles. The highest BCUT2D eigenvalue weighted by atomic mass is 16.5. The van der Waals surface area contributed by atoms with Crippen LogP contribution in [0.2, 0.25) is 0 Å². The number of carbonyl (C=O) groups is 4. The topological polar surface area (TPSA) is 126 Å². The fourth-order valence-corrected chi connectivity index (χ4v) is 2.97. The Hall–Kier alpha value is -3.41. The number of carbonyl (C=O) groups excluding carboxylic acids is 4. The van der Waals surface area contributed by atoms with E-state index in [0.29, 0.717) is 18.7 Å². The van der Waals surface area contributed by atoms with Gasteiger partial charge in [0.15, 0.2) is 6.61 Å². The summed E-state index contributed by atoms with van der Waals surface area (Å²) >= 11 is 0. The fraction of sp³-hybridized carbons (Fsp3) is 0.450. The van der Waals surface area contributed by atoms with Crippen LogP contribution in [0, 0.1) is 11.3 Å². The minimum Gasteiger partial charge on any atom is -0.464 e. The zero-order valence-corrected chi connectivity index (χ0v) is 16.2. The summed E-state index contributed by atoms with van der Waals surface area (Å²) in [7, 11) is 0. The molecular formula is C20H23N3O6. The predicted octanol–water partition coefficient (Wildman–Crippen LogP) is 1.64. The molecule has 0 saturated carbocycles. The highest BCUT2D eigenvalue weighted by Gasteiger charge is 2.33. The van der Waals surface area contributed by atoms with Crippen LogP contribution in [0.15, 0.2) is 24.3 Å². The van der Waals surface area contributed by atoms with E-state index in [1.807, 2.05) is 0 Å². The second-order valence-corrected chi connectivity index (χ2v) is 6.39. The van der Waals surface area contributed by atoms with E-state index in [4.69, 9.17) is 14.7 Å². The molecule has 1 aliphatic rings. The van der Waals surface area contributed by atoms with Crippen LogP contribution in [-0.4, -0.2) is 54.5 Å². The second kappa shape index (κ2) is 10.8. The number of anilines is 1. The number of likely N-dealkylation sites (tertiary alicyclic amines) is 1. The van der Waals surface area contributed by atoms with Crippen molar-refractivity contribution in [3.05, 3.63) is 29.8 Å². The highest BCUT2D eigenvalue weighted by Crippen LogP contribution is 2.19. The van der Waals surface area contributed by atoms with Crippen LogP contribution in [0.3, 0.4) is 0 Å². The van der Waals surface area contributed by atoms with Gasteiger partial charge in [0, 0.05) is 12.2 Å². The van der Waals surface area contributed by atoms with Crippen molar-refractivity contribution in [1.82, 2.24) is 4.90 Å². The van der Waals surface area contributed by atoms with Gasteiger partial charge in [0.05, 0.1) is 18.2 Å². The van der Waals surface area contributed by atoms with Gasteiger partial charge in [0.25, 0.3) is 5.91 Å². The number of rotatable bonds is 7. The molecule has 2 rings (SSSR count). The number of nitriles is 1. The Morgan fingerprint density at radius 1 is 1.17 bits per heavy atom. The van der Waals surface area contributed by atoms with Crippen molar-refractivity contribution in [1.29, 1.82) is 5.26 Å². The van der Waals surface area contributed by atoms with E-state index < -0.39 is 36.4 Å². The average Bonchev–Trinajstić information content (AvgIpc) is 2.72. The van der Waals surface area contributed by atoms with Crippen LogP contribution >= 0.6 is 0 Å². The average molecular weight is 401 g/mol. The van der Waals surface area contributed by atoms with E-state index in [9.17, 15) is 19.2 Å². The number of hydrogen-bond acceptors (Lipinski definition) is 7. The number of piperidine rings is 1. The van der Waals surface area contributed by atoms with Crippen molar-refractivity contribution in [2.24, 2.45) is 0 Å². The van der Waals surface area contributed by atoms with Crippen LogP contribution in [0.5, 0.6) is 0 Å². The molecule has 1 heterocycles. The second-order valence-electron chi connectivity index (χ2n) is 6.39. The van der Waals surface area contributed by atoms with E-state index in [0.717, 1.165) is 12.8 Å². The lowest BCUT2D eigenvalue weighted by atomic mass is 10.0. The van der Waals surface area contributed by atoms with Crippen molar-refractivity contribution >= 4 is 29.4 Å². The number of nitrogens with zero attached hydrogens (tertiary/aromatic N) is 2. The van der Waals surface area contributed by atoms with Gasteiger partial charge < -0.3 is 19.7 Å². The summed E-state index contributed by atoms with van der Waals surface area (Å²) in [6.45, 7) is 1.88. The number of amides is 2. The smallest absolute Gasteiger partial charge is 0.338 e. The van der Waals surface area contributed by atoms with Crippen molar-refractivity contribution in [2.45, 2.75) is 38.6 Å². The molecule has 29 heavy (non-hydrogen) atoms. The zero-order chi connectivity index (χ0) is 21.2. The first-order valence-electron chi connectivity index (χ1n) is 9.36. The van der Waals surface area contributed by atoms with E-state index in [2.05, 4.69) is 5.32 Å². The lowest BCUT2D eigenvalue weighted by Gasteiger charge is -2.33. The molecule has 2 amide bonds. The van der Waals surface area contributed by atoms with Crippen molar-refractivity contribution in [3.8, 4) is 6.07 Å². The van der Waals surface area contributed by atoms with E-state index in [1.54, 1.807) is 13.0 Å². The molecule has 1 aromatic rings. The molecule has 9 nitrogen and oxygen atoms in total. The Bertz CT molecular complexity index is 799. The van der Waals surface area contributed by atoms with Crippen molar-refractivity contribution in [2.75, 3.05) is 25.1 Å². The van der Waals surface area contributed by atoms with Crippen LogP contribution in [0.25, 0.3) is 0 Å². The van der Waals surface area contributed by atoms with E-state index in [-0.39, 0.29) is 18.6 Å². The number of esters is 2. The third kappa shape index (κ3) is 6.31. The lowest BCUT2D eigenvalue weighted by Crippen LogP contribution is -2.50. The molecule has 1 atom stereocenters. The first kappa shape index (κ1) is 21.9. The maximum absolute atomic E-state index is 12.5. The summed E-state index contributed by atoms with van der Waals surface area (Å²) in [5.41, 5.74) is 0.639. The third-order valence-corrected chi connectivity index (χ3v) is 4.35. The molecule has 1 N–H and O–H groups in total. The molecule has 1 fully saturated rings. The van der Waals surface area contributed by atoms with Crippen LogP contribution in [0.4, 0.5) is 5.69 Å². The van der Waals surface area contributed by atoms with Gasteiger partial charge in [-0.2, -0.15) is 5.26 Å². The van der Waals surface area contributed by atoms with E-state index >= 15 is 0 Å². The molecule has 9 heteroatoms. The monoisotopic (exact) mass is 401 g/mol. The molecule has 0 spiro atoms. The minimum atomic E-state index is -0.696. The summed E-state index contributed by atoms with van der Waals surface area (Å²) in [6, 6.07) is 6.96. The molecular weight excluding hydrogens is 378 g/mol. The van der Waals surface area contributed by atoms with Crippen molar-refractivity contribution in [3.63, 3.8) is 0 Å². The Kier molecular flexibility index (Phi) is 8.15. The Balaban J connectivity index is 1.90. The van der Waals surface area contributed by atoms with Crippen molar-refractivity contribution < 1.29 is 28.7 Å². The predicted molar refractivity (Wildman–Crippen MR) is 102 cm³/mol. The number of hydrogen-bond donors (Lipinski definition) is 1. The van der Waals surface area contributed by atoms with Crippen LogP contribution in [0.1, 0.15) is 43.0 Å². The summed E-state index contributed by atoms with van der Waals surface area (Å²) in [4.78, 5) is 49.5. The largest absolute Gasteiger partial charge is 0.464 e. The van der Waals surface area contributed by atoms with E-state index in [1.165, 1.54) is 29.2 Å². The standard InChI is InChI=1S/C20H23N3O6/c1-2-28-20(27)16-5-3-4-12-23(16)18(25)13-29-19(26)14-6-8-15(9-7-14)22-17(24)10-11-21/h6-9,16H,2-5,10,12-13H2,1H3,(H,22,24)/t16-/m0/s1. The first-order valence-corrected chi connectivity index (χ1v) is 9.36. The molecule has 1 saturated heterocycles. The quantitative estimate of drug-likeness (QED) is 0.688. The normalized spacial score (nSPS) is 15.7. The molecule has 1 aromatic carbocycles. The maximum Gasteiger partial charge on any atom is 0.338 e. The first-order chi connectivity index (χ1) is 14.0. The van der Waals surface area contributed by atoms with Gasteiger partial charge >= 0.3 is 11.9 Å². The maximum atomic E-state index is 12.5. The zero-order valence-electron chi connectivity index (χ0n) is 16.2. The molecule has 154 valence electrons. The number of ether oxygens (including phenoxy) is 2. The Morgan fingerprint density at radius 2 is 1.90 bits per heavy atom. The van der Waals surface area contributed by atoms with Gasteiger partial charge in [0.2, 0.25) is 5.91 Å². The Morgan fingerprint density at radius 3 is 2.55 bits per heavy atom. The van der Waals surface area contributed by atoms with Gasteiger partial charge in [-0.15, -0.1) is 0 Å². The van der Waals surface area contributed by atoms with Gasteiger partial charge in [-0.3, -0.25) is 9.59 Å². The Labute approximate surface area is 168 Å². The molecule has 0 bridgehead atoms. The summed E-state index contributed by atoms with van der Waals surface area (Å²) < 4.78 is 10.1. The molecule has 0 radical (unpaired) electrons. The highest BCUT2D eigenvalue weighted by molar-refractivity contribution is 5.94. The van der Waals surface area contributed by atoms with Gasteiger partial charge in [0.1, 0.15) is 12.5 Å². The number of nitrogens with one attached hydrogen (secondary N) is 1. The minimum absolute atomic E-state index is 0.205. The summed E-state index contributed by atoms with van der Waals surface area (Å²) in [5.74, 6) is -2.04. The van der Waals surface area contributed by atoms with Crippen LogP contribution in [-0.2, 0) is 23.9 Å². The van der Waals surface area contributed by atoms with Gasteiger partial charge in [-0.05, 0) is 50.5 Å². The number of benzene rings is 1.